The Morgan fingerprint density at radius 2 is 1.90 bits per heavy atom. The highest BCUT2D eigenvalue weighted by Gasteiger charge is 2.30. The van der Waals surface area contributed by atoms with Gasteiger partial charge in [0, 0.05) is 24.7 Å². The highest BCUT2D eigenvalue weighted by Crippen LogP contribution is 2.25. The molecule has 0 amide bonds. The van der Waals surface area contributed by atoms with Gasteiger partial charge < -0.3 is 9.73 Å². The lowest BCUT2D eigenvalue weighted by atomic mass is 10.3. The summed E-state index contributed by atoms with van der Waals surface area (Å²) in [6.45, 7) is 12.5. The van der Waals surface area contributed by atoms with Crippen molar-refractivity contribution in [2.45, 2.75) is 71.5 Å². The molecule has 0 radical (unpaired) electrons. The van der Waals surface area contributed by atoms with Crippen LogP contribution in [0.25, 0.3) is 0 Å². The summed E-state index contributed by atoms with van der Waals surface area (Å²) in [6, 6.07) is 1.94. The molecule has 0 saturated heterocycles. The molecule has 122 valence electrons. The zero-order chi connectivity index (χ0) is 16.2. The molecule has 1 unspecified atom stereocenters. The second kappa shape index (κ2) is 7.42. The predicted molar refractivity (Wildman–Crippen MR) is 84.7 cm³/mol. The van der Waals surface area contributed by atoms with Crippen molar-refractivity contribution < 1.29 is 12.8 Å². The maximum Gasteiger partial charge on any atom is 0.246 e. The van der Waals surface area contributed by atoms with Gasteiger partial charge >= 0.3 is 0 Å². The van der Waals surface area contributed by atoms with Gasteiger partial charge in [-0.3, -0.25) is 0 Å². The molecule has 0 aromatic carbocycles. The summed E-state index contributed by atoms with van der Waals surface area (Å²) in [5, 5.41) is 3.23. The van der Waals surface area contributed by atoms with E-state index in [1.165, 1.54) is 4.31 Å². The quantitative estimate of drug-likeness (QED) is 0.801. The van der Waals surface area contributed by atoms with Gasteiger partial charge in [-0.15, -0.1) is 0 Å². The van der Waals surface area contributed by atoms with Crippen molar-refractivity contribution in [1.82, 2.24) is 9.62 Å². The maximum atomic E-state index is 12.8. The van der Waals surface area contributed by atoms with Crippen LogP contribution in [0.1, 0.15) is 52.6 Å². The molecular weight excluding hydrogens is 288 g/mol. The third-order valence-electron chi connectivity index (χ3n) is 3.59. The molecule has 5 nitrogen and oxygen atoms in total. The maximum absolute atomic E-state index is 12.8. The Labute approximate surface area is 128 Å². The van der Waals surface area contributed by atoms with Crippen LogP contribution < -0.4 is 5.32 Å². The van der Waals surface area contributed by atoms with Crippen molar-refractivity contribution in [1.29, 1.82) is 0 Å². The largest absolute Gasteiger partial charge is 0.464 e. The normalized spacial score (nSPS) is 14.1. The van der Waals surface area contributed by atoms with E-state index in [1.807, 2.05) is 34.6 Å². The molecule has 21 heavy (non-hydrogen) atoms. The Morgan fingerprint density at radius 1 is 1.29 bits per heavy atom. The number of hydrogen-bond acceptors (Lipinski definition) is 4. The Morgan fingerprint density at radius 3 is 2.38 bits per heavy atom. The minimum absolute atomic E-state index is 0.0217. The number of aryl methyl sites for hydroxylation is 1. The number of hydrogen-bond donors (Lipinski definition) is 1. The van der Waals surface area contributed by atoms with E-state index in [1.54, 1.807) is 13.0 Å². The Balaban J connectivity index is 3.08. The monoisotopic (exact) mass is 316 g/mol. The van der Waals surface area contributed by atoms with E-state index in [0.29, 0.717) is 30.7 Å². The van der Waals surface area contributed by atoms with E-state index >= 15 is 0 Å². The zero-order valence-corrected chi connectivity index (χ0v) is 14.8. The summed E-state index contributed by atoms with van der Waals surface area (Å²) in [5.41, 5.74) is 0. The molecule has 0 spiro atoms. The molecule has 0 aliphatic rings. The number of sulfonamides is 1. The van der Waals surface area contributed by atoms with Gasteiger partial charge in [-0.2, -0.15) is 4.31 Å². The van der Waals surface area contributed by atoms with Crippen LogP contribution in [0.2, 0.25) is 0 Å². The van der Waals surface area contributed by atoms with Gasteiger partial charge in [0.25, 0.3) is 0 Å². The van der Waals surface area contributed by atoms with Crippen molar-refractivity contribution in [2.24, 2.45) is 0 Å². The number of rotatable bonds is 8. The topological polar surface area (TPSA) is 62.6 Å². The first-order chi connectivity index (χ1) is 9.73. The predicted octanol–water partition coefficient (Wildman–Crippen LogP) is 2.90. The van der Waals surface area contributed by atoms with Gasteiger partial charge in [-0.25, -0.2) is 8.42 Å². The van der Waals surface area contributed by atoms with Gasteiger partial charge in [0.1, 0.15) is 16.4 Å². The van der Waals surface area contributed by atoms with E-state index in [4.69, 9.17) is 4.42 Å². The van der Waals surface area contributed by atoms with Crippen molar-refractivity contribution in [3.05, 3.63) is 17.6 Å². The molecule has 1 N–H and O–H groups in total. The van der Waals surface area contributed by atoms with Gasteiger partial charge in [-0.05, 0) is 20.3 Å². The summed E-state index contributed by atoms with van der Waals surface area (Å²) < 4.78 is 32.7. The standard InChI is InChI=1S/C15H28N2O3S/c1-7-12(5)17(8-2)21(18,19)15-9-14(20-13(15)6)10-16-11(3)4/h9,11-12,16H,7-8,10H2,1-6H3. The van der Waals surface area contributed by atoms with Crippen LogP contribution >= 0.6 is 0 Å². The molecule has 1 aromatic heterocycles. The molecule has 6 heteroatoms. The highest BCUT2D eigenvalue weighted by atomic mass is 32.2. The number of nitrogens with zero attached hydrogens (tertiary/aromatic N) is 1. The third-order valence-corrected chi connectivity index (χ3v) is 5.79. The molecule has 0 saturated carbocycles. The number of nitrogens with one attached hydrogen (secondary N) is 1. The lowest BCUT2D eigenvalue weighted by molar-refractivity contribution is 0.341. The van der Waals surface area contributed by atoms with Gasteiger partial charge in [0.2, 0.25) is 10.0 Å². The van der Waals surface area contributed by atoms with E-state index in [9.17, 15) is 8.42 Å². The van der Waals surface area contributed by atoms with Gasteiger partial charge in [-0.1, -0.05) is 27.7 Å². The van der Waals surface area contributed by atoms with Gasteiger partial charge in [0.05, 0.1) is 6.54 Å². The molecule has 0 aliphatic carbocycles. The Bertz CT molecular complexity index is 549. The van der Waals surface area contributed by atoms with Crippen molar-refractivity contribution in [3.63, 3.8) is 0 Å². The fraction of sp³-hybridized carbons (Fsp3) is 0.733. The third kappa shape index (κ3) is 4.31. The Hall–Kier alpha value is -0.850. The second-order valence-corrected chi connectivity index (χ2v) is 7.49. The van der Waals surface area contributed by atoms with Crippen LogP contribution in [0.15, 0.2) is 15.4 Å². The van der Waals surface area contributed by atoms with Crippen LogP contribution in [0, 0.1) is 6.92 Å². The fourth-order valence-electron chi connectivity index (χ4n) is 2.22. The second-order valence-electron chi connectivity index (χ2n) is 5.63. The van der Waals surface area contributed by atoms with Crippen LogP contribution in [0.5, 0.6) is 0 Å². The smallest absolute Gasteiger partial charge is 0.246 e. The minimum atomic E-state index is -3.50. The lowest BCUT2D eigenvalue weighted by Gasteiger charge is -2.25. The molecular formula is C15H28N2O3S. The van der Waals surface area contributed by atoms with E-state index in [0.717, 1.165) is 6.42 Å². The summed E-state index contributed by atoms with van der Waals surface area (Å²) in [4.78, 5) is 0.283. The van der Waals surface area contributed by atoms with E-state index in [2.05, 4.69) is 5.32 Å². The molecule has 0 bridgehead atoms. The molecule has 1 rings (SSSR count). The van der Waals surface area contributed by atoms with E-state index < -0.39 is 10.0 Å². The van der Waals surface area contributed by atoms with Crippen molar-refractivity contribution >= 4 is 10.0 Å². The average Bonchev–Trinajstić information content (AvgIpc) is 2.78. The van der Waals surface area contributed by atoms with Crippen LogP contribution in [-0.4, -0.2) is 31.4 Å². The highest BCUT2D eigenvalue weighted by molar-refractivity contribution is 7.89. The van der Waals surface area contributed by atoms with Crippen LogP contribution in [0.3, 0.4) is 0 Å². The SMILES string of the molecule is CCC(C)N(CC)S(=O)(=O)c1cc(CNC(C)C)oc1C. The van der Waals surface area contributed by atoms with Crippen LogP contribution in [-0.2, 0) is 16.6 Å². The molecule has 1 heterocycles. The first kappa shape index (κ1) is 18.2. The molecule has 0 aliphatic heterocycles. The van der Waals surface area contributed by atoms with E-state index in [-0.39, 0.29) is 10.9 Å². The molecule has 1 aromatic rings. The van der Waals surface area contributed by atoms with Crippen LogP contribution in [0.4, 0.5) is 0 Å². The Kier molecular flexibility index (Phi) is 6.43. The lowest BCUT2D eigenvalue weighted by Crippen LogP contribution is -2.38. The average molecular weight is 316 g/mol. The summed E-state index contributed by atoms with van der Waals surface area (Å²) in [6.07, 6.45) is 0.783. The summed E-state index contributed by atoms with van der Waals surface area (Å²) >= 11 is 0. The molecule has 0 fully saturated rings. The van der Waals surface area contributed by atoms with Gasteiger partial charge in [0.15, 0.2) is 0 Å². The first-order valence-corrected chi connectivity index (χ1v) is 9.02. The fourth-order valence-corrected chi connectivity index (χ4v) is 4.12. The summed E-state index contributed by atoms with van der Waals surface area (Å²) in [7, 11) is -3.50. The van der Waals surface area contributed by atoms with Crippen molar-refractivity contribution in [2.75, 3.05) is 6.54 Å². The minimum Gasteiger partial charge on any atom is -0.464 e. The molecule has 1 atom stereocenters. The zero-order valence-electron chi connectivity index (χ0n) is 13.9. The number of furan rings is 1. The van der Waals surface area contributed by atoms with Crippen molar-refractivity contribution in [3.8, 4) is 0 Å². The first-order valence-electron chi connectivity index (χ1n) is 7.58. The summed E-state index contributed by atoms with van der Waals surface area (Å²) in [5.74, 6) is 1.11.